The van der Waals surface area contributed by atoms with Crippen molar-refractivity contribution in [1.82, 2.24) is 15.3 Å². The fourth-order valence-electron chi connectivity index (χ4n) is 3.26. The molecule has 1 aliphatic rings. The number of benzene rings is 1. The Labute approximate surface area is 124 Å². The van der Waals surface area contributed by atoms with Gasteiger partial charge in [-0.15, -0.1) is 0 Å². The highest BCUT2D eigenvalue weighted by molar-refractivity contribution is 5.75. The lowest BCUT2D eigenvalue weighted by atomic mass is 9.77. The zero-order valence-corrected chi connectivity index (χ0v) is 12.6. The van der Waals surface area contributed by atoms with Gasteiger partial charge in [0.05, 0.1) is 17.1 Å². The molecule has 0 aliphatic heterocycles. The molecule has 2 aromatic rings. The maximum atomic E-state index is 11.3. The Morgan fingerprint density at radius 2 is 2.10 bits per heavy atom. The maximum Gasteiger partial charge on any atom is 0.323 e. The van der Waals surface area contributed by atoms with E-state index >= 15 is 0 Å². The third kappa shape index (κ3) is 3.04. The number of hydrogen-bond acceptors (Lipinski definition) is 3. The highest BCUT2D eigenvalue weighted by Gasteiger charge is 2.31. The monoisotopic (exact) mass is 289 g/mol. The topological polar surface area (TPSA) is 69.9 Å². The van der Waals surface area contributed by atoms with Crippen molar-refractivity contribution >= 4 is 11.0 Å². The van der Waals surface area contributed by atoms with E-state index < -0.39 is 0 Å². The molecule has 5 heteroatoms. The van der Waals surface area contributed by atoms with E-state index in [0.717, 1.165) is 42.8 Å². The van der Waals surface area contributed by atoms with Gasteiger partial charge in [0.1, 0.15) is 0 Å². The standard InChI is InChI=1S/C16H23N3O2/c1-3-21-12-6-10(7-12)8-14(17-2)11-4-5-13-15(9-11)19-16(20)18-13/h4-5,9-10,12,14,17H,3,6-8H2,1-2H3,(H2,18,19,20). The normalized spacial score (nSPS) is 23.1. The number of nitrogens with one attached hydrogen (secondary N) is 3. The Hall–Kier alpha value is -1.59. The average Bonchev–Trinajstić information content (AvgIpc) is 2.80. The van der Waals surface area contributed by atoms with Crippen LogP contribution in [0.5, 0.6) is 0 Å². The van der Waals surface area contributed by atoms with Crippen LogP contribution in [-0.2, 0) is 4.74 Å². The van der Waals surface area contributed by atoms with E-state index in [0.29, 0.717) is 12.1 Å². The second-order valence-corrected chi connectivity index (χ2v) is 5.88. The first kappa shape index (κ1) is 14.4. The molecule has 1 aromatic carbocycles. The largest absolute Gasteiger partial charge is 0.378 e. The number of aromatic nitrogens is 2. The van der Waals surface area contributed by atoms with Crippen LogP contribution in [0.2, 0.25) is 0 Å². The van der Waals surface area contributed by atoms with Crippen LogP contribution in [0.3, 0.4) is 0 Å². The van der Waals surface area contributed by atoms with Crippen LogP contribution in [0.25, 0.3) is 11.0 Å². The van der Waals surface area contributed by atoms with Crippen molar-refractivity contribution < 1.29 is 4.74 Å². The molecule has 1 fully saturated rings. The third-order valence-corrected chi connectivity index (χ3v) is 4.45. The van der Waals surface area contributed by atoms with Gasteiger partial charge in [-0.1, -0.05) is 6.07 Å². The molecule has 0 amide bonds. The lowest BCUT2D eigenvalue weighted by Gasteiger charge is -2.37. The second-order valence-electron chi connectivity index (χ2n) is 5.88. The fourth-order valence-corrected chi connectivity index (χ4v) is 3.26. The molecule has 1 aromatic heterocycles. The Kier molecular flexibility index (Phi) is 4.12. The van der Waals surface area contributed by atoms with Crippen LogP contribution in [0.15, 0.2) is 23.0 Å². The van der Waals surface area contributed by atoms with Gasteiger partial charge in [-0.05, 0) is 56.8 Å². The summed E-state index contributed by atoms with van der Waals surface area (Å²) in [4.78, 5) is 16.9. The fraction of sp³-hybridized carbons (Fsp3) is 0.562. The summed E-state index contributed by atoms with van der Waals surface area (Å²) in [5, 5.41) is 3.39. The van der Waals surface area contributed by atoms with Gasteiger partial charge in [0, 0.05) is 12.6 Å². The summed E-state index contributed by atoms with van der Waals surface area (Å²) in [5.74, 6) is 0.722. The summed E-state index contributed by atoms with van der Waals surface area (Å²) in [6, 6.07) is 6.44. The number of H-pyrrole nitrogens is 2. The van der Waals surface area contributed by atoms with Crippen molar-refractivity contribution in [3.05, 3.63) is 34.2 Å². The highest BCUT2D eigenvalue weighted by Crippen LogP contribution is 2.37. The molecule has 5 nitrogen and oxygen atoms in total. The number of imidazole rings is 1. The molecule has 0 radical (unpaired) electrons. The summed E-state index contributed by atoms with van der Waals surface area (Å²) in [5.41, 5.74) is 2.80. The number of rotatable bonds is 6. The summed E-state index contributed by atoms with van der Waals surface area (Å²) < 4.78 is 5.63. The van der Waals surface area contributed by atoms with Crippen LogP contribution in [0, 0.1) is 5.92 Å². The van der Waals surface area contributed by atoms with Gasteiger partial charge < -0.3 is 20.0 Å². The van der Waals surface area contributed by atoms with Crippen molar-refractivity contribution in [2.24, 2.45) is 5.92 Å². The van der Waals surface area contributed by atoms with Crippen LogP contribution < -0.4 is 11.0 Å². The number of fused-ring (bicyclic) bond motifs is 1. The minimum absolute atomic E-state index is 0.151. The van der Waals surface area contributed by atoms with E-state index in [-0.39, 0.29) is 5.69 Å². The van der Waals surface area contributed by atoms with Gasteiger partial charge in [0.15, 0.2) is 0 Å². The highest BCUT2D eigenvalue weighted by atomic mass is 16.5. The van der Waals surface area contributed by atoms with Crippen LogP contribution in [0.4, 0.5) is 0 Å². The molecule has 0 saturated heterocycles. The van der Waals surface area contributed by atoms with Gasteiger partial charge in [0.25, 0.3) is 0 Å². The van der Waals surface area contributed by atoms with Crippen molar-refractivity contribution in [2.45, 2.75) is 38.3 Å². The SMILES string of the molecule is CCOC1CC(CC(NC)c2ccc3[nH]c(=O)[nH]c3c2)C1. The molecule has 3 N–H and O–H groups in total. The van der Waals surface area contributed by atoms with Gasteiger partial charge in [-0.25, -0.2) is 4.79 Å². The molecular weight excluding hydrogens is 266 g/mol. The van der Waals surface area contributed by atoms with Crippen LogP contribution >= 0.6 is 0 Å². The molecule has 21 heavy (non-hydrogen) atoms. The van der Waals surface area contributed by atoms with Gasteiger partial charge >= 0.3 is 5.69 Å². The van der Waals surface area contributed by atoms with Crippen molar-refractivity contribution in [1.29, 1.82) is 0 Å². The van der Waals surface area contributed by atoms with E-state index in [1.165, 1.54) is 5.56 Å². The zero-order valence-electron chi connectivity index (χ0n) is 12.6. The first-order chi connectivity index (χ1) is 10.2. The summed E-state index contributed by atoms with van der Waals surface area (Å²) in [6.45, 7) is 2.86. The molecule has 0 bridgehead atoms. The van der Waals surface area contributed by atoms with Gasteiger partial charge in [0.2, 0.25) is 0 Å². The third-order valence-electron chi connectivity index (χ3n) is 4.45. The van der Waals surface area contributed by atoms with Crippen molar-refractivity contribution in [3.63, 3.8) is 0 Å². The summed E-state index contributed by atoms with van der Waals surface area (Å²) >= 11 is 0. The number of aromatic amines is 2. The van der Waals surface area contributed by atoms with Gasteiger partial charge in [-0.3, -0.25) is 0 Å². The maximum absolute atomic E-state index is 11.3. The predicted molar refractivity (Wildman–Crippen MR) is 83.5 cm³/mol. The Morgan fingerprint density at radius 1 is 1.33 bits per heavy atom. The molecule has 1 atom stereocenters. The minimum atomic E-state index is -0.151. The van der Waals surface area contributed by atoms with Crippen molar-refractivity contribution in [2.75, 3.05) is 13.7 Å². The van der Waals surface area contributed by atoms with Gasteiger partial charge in [-0.2, -0.15) is 0 Å². The lowest BCUT2D eigenvalue weighted by molar-refractivity contribution is -0.0289. The van der Waals surface area contributed by atoms with E-state index in [9.17, 15) is 4.79 Å². The average molecular weight is 289 g/mol. The predicted octanol–water partition coefficient (Wildman–Crippen LogP) is 2.32. The van der Waals surface area contributed by atoms with Crippen molar-refractivity contribution in [3.8, 4) is 0 Å². The quantitative estimate of drug-likeness (QED) is 0.764. The van der Waals surface area contributed by atoms with E-state index in [4.69, 9.17) is 4.74 Å². The molecule has 1 aliphatic carbocycles. The zero-order chi connectivity index (χ0) is 14.8. The molecular formula is C16H23N3O2. The first-order valence-corrected chi connectivity index (χ1v) is 7.70. The smallest absolute Gasteiger partial charge is 0.323 e. The Balaban J connectivity index is 1.68. The Morgan fingerprint density at radius 3 is 2.81 bits per heavy atom. The van der Waals surface area contributed by atoms with E-state index in [1.54, 1.807) is 0 Å². The minimum Gasteiger partial charge on any atom is -0.378 e. The summed E-state index contributed by atoms with van der Waals surface area (Å²) in [7, 11) is 1.99. The van der Waals surface area contributed by atoms with E-state index in [1.807, 2.05) is 13.1 Å². The van der Waals surface area contributed by atoms with Crippen LogP contribution in [-0.4, -0.2) is 29.7 Å². The molecule has 1 saturated carbocycles. The first-order valence-electron chi connectivity index (χ1n) is 7.70. The molecule has 0 spiro atoms. The van der Waals surface area contributed by atoms with E-state index in [2.05, 4.69) is 34.3 Å². The number of hydrogen-bond donors (Lipinski definition) is 3. The second kappa shape index (κ2) is 6.03. The summed E-state index contributed by atoms with van der Waals surface area (Å²) in [6.07, 6.45) is 3.89. The Bertz CT molecular complexity index is 655. The van der Waals surface area contributed by atoms with Crippen LogP contribution in [0.1, 0.15) is 37.8 Å². The lowest BCUT2D eigenvalue weighted by Crippen LogP contribution is -2.34. The molecule has 3 rings (SSSR count). The number of ether oxygens (including phenoxy) is 1. The molecule has 1 heterocycles. The molecule has 114 valence electrons. The molecule has 1 unspecified atom stereocenters.